The van der Waals surface area contributed by atoms with Crippen LogP contribution in [0, 0.1) is 0 Å². The molecule has 0 aliphatic carbocycles. The molecule has 0 bridgehead atoms. The van der Waals surface area contributed by atoms with Crippen LogP contribution in [0.25, 0.3) is 0 Å². The van der Waals surface area contributed by atoms with Crippen LogP contribution in [0.3, 0.4) is 0 Å². The number of carbonyl (C=O) groups is 2. The third-order valence-electron chi connectivity index (χ3n) is 6.34. The topological polar surface area (TPSA) is 49.4 Å². The van der Waals surface area contributed by atoms with Gasteiger partial charge in [0.1, 0.15) is 6.04 Å². The molecule has 0 spiro atoms. The Bertz CT molecular complexity index is 1110. The number of rotatable bonds is 12. The fourth-order valence-electron chi connectivity index (χ4n) is 4.22. The van der Waals surface area contributed by atoms with Gasteiger partial charge in [-0.3, -0.25) is 9.59 Å². The van der Waals surface area contributed by atoms with Gasteiger partial charge >= 0.3 is 0 Å². The monoisotopic (exact) mass is 548 g/mol. The van der Waals surface area contributed by atoms with E-state index in [0.717, 1.165) is 27.6 Å². The standard InChI is InChI=1S/C31H37BrN2O2/c1-4-19-33-31(36)29(21-25-9-6-5-7-10-25)34(22-26-11-8-12-28(32)20-26)30(35)18-15-24-13-16-27(17-14-24)23(2)3/h5-14,16-17,20,23,29H,4,15,18-19,21-22H2,1-3H3,(H,33,36)/t29-/m1/s1. The van der Waals surface area contributed by atoms with E-state index >= 15 is 0 Å². The lowest BCUT2D eigenvalue weighted by molar-refractivity contribution is -0.141. The fraction of sp³-hybridized carbons (Fsp3) is 0.355. The van der Waals surface area contributed by atoms with Crippen LogP contribution in [0.5, 0.6) is 0 Å². The van der Waals surface area contributed by atoms with E-state index in [0.29, 0.717) is 38.3 Å². The molecule has 0 fully saturated rings. The van der Waals surface area contributed by atoms with Crippen molar-refractivity contribution in [3.63, 3.8) is 0 Å². The maximum Gasteiger partial charge on any atom is 0.243 e. The van der Waals surface area contributed by atoms with Crippen molar-refractivity contribution in [2.75, 3.05) is 6.54 Å². The van der Waals surface area contributed by atoms with Crippen LogP contribution >= 0.6 is 15.9 Å². The molecule has 5 heteroatoms. The highest BCUT2D eigenvalue weighted by Gasteiger charge is 2.30. The van der Waals surface area contributed by atoms with Crippen molar-refractivity contribution in [1.82, 2.24) is 10.2 Å². The lowest BCUT2D eigenvalue weighted by atomic mass is 9.99. The van der Waals surface area contributed by atoms with E-state index in [9.17, 15) is 9.59 Å². The van der Waals surface area contributed by atoms with Gasteiger partial charge in [0.15, 0.2) is 0 Å². The zero-order valence-corrected chi connectivity index (χ0v) is 23.1. The van der Waals surface area contributed by atoms with Crippen LogP contribution in [-0.4, -0.2) is 29.3 Å². The van der Waals surface area contributed by atoms with Gasteiger partial charge in [-0.05, 0) is 53.1 Å². The van der Waals surface area contributed by atoms with Gasteiger partial charge in [-0.1, -0.05) is 103 Å². The minimum Gasteiger partial charge on any atom is -0.354 e. The Balaban J connectivity index is 1.86. The fourth-order valence-corrected chi connectivity index (χ4v) is 4.66. The van der Waals surface area contributed by atoms with Gasteiger partial charge in [0.2, 0.25) is 11.8 Å². The molecular weight excluding hydrogens is 512 g/mol. The summed E-state index contributed by atoms with van der Waals surface area (Å²) < 4.78 is 0.952. The average Bonchev–Trinajstić information content (AvgIpc) is 2.88. The summed E-state index contributed by atoms with van der Waals surface area (Å²) in [5.74, 6) is 0.350. The molecule has 2 amide bonds. The van der Waals surface area contributed by atoms with E-state index in [4.69, 9.17) is 0 Å². The Morgan fingerprint density at radius 1 is 0.889 bits per heavy atom. The van der Waals surface area contributed by atoms with Crippen molar-refractivity contribution in [1.29, 1.82) is 0 Å². The van der Waals surface area contributed by atoms with E-state index in [2.05, 4.69) is 59.4 Å². The van der Waals surface area contributed by atoms with E-state index in [1.165, 1.54) is 5.56 Å². The second kappa shape index (κ2) is 14.0. The number of hydrogen-bond acceptors (Lipinski definition) is 2. The molecule has 0 radical (unpaired) electrons. The number of halogens is 1. The first-order chi connectivity index (χ1) is 17.4. The molecule has 0 heterocycles. The molecular formula is C31H37BrN2O2. The zero-order chi connectivity index (χ0) is 25.9. The van der Waals surface area contributed by atoms with Gasteiger partial charge in [0, 0.05) is 30.4 Å². The molecule has 36 heavy (non-hydrogen) atoms. The number of hydrogen-bond donors (Lipinski definition) is 1. The molecule has 190 valence electrons. The van der Waals surface area contributed by atoms with Crippen molar-refractivity contribution in [2.24, 2.45) is 0 Å². The molecule has 0 unspecified atom stereocenters. The first-order valence-electron chi connectivity index (χ1n) is 12.8. The smallest absolute Gasteiger partial charge is 0.243 e. The van der Waals surface area contributed by atoms with E-state index < -0.39 is 6.04 Å². The Morgan fingerprint density at radius 3 is 2.22 bits per heavy atom. The number of nitrogens with one attached hydrogen (secondary N) is 1. The maximum atomic E-state index is 13.7. The summed E-state index contributed by atoms with van der Waals surface area (Å²) in [4.78, 5) is 28.9. The lowest BCUT2D eigenvalue weighted by Gasteiger charge is -2.31. The number of amides is 2. The summed E-state index contributed by atoms with van der Waals surface area (Å²) in [6.45, 7) is 7.35. The summed E-state index contributed by atoms with van der Waals surface area (Å²) in [6, 6.07) is 25.8. The van der Waals surface area contributed by atoms with Crippen LogP contribution in [0.2, 0.25) is 0 Å². The zero-order valence-electron chi connectivity index (χ0n) is 21.5. The average molecular weight is 550 g/mol. The molecule has 0 aliphatic heterocycles. The minimum atomic E-state index is -0.589. The van der Waals surface area contributed by atoms with Crippen LogP contribution in [0.4, 0.5) is 0 Å². The Labute approximate surface area is 224 Å². The molecule has 1 atom stereocenters. The molecule has 4 nitrogen and oxygen atoms in total. The summed E-state index contributed by atoms with van der Waals surface area (Å²) >= 11 is 3.54. The Hall–Kier alpha value is -2.92. The van der Waals surface area contributed by atoms with Gasteiger partial charge in [0.25, 0.3) is 0 Å². The number of aryl methyl sites for hydroxylation is 1. The molecule has 1 N–H and O–H groups in total. The summed E-state index contributed by atoms with van der Waals surface area (Å²) in [7, 11) is 0. The summed E-state index contributed by atoms with van der Waals surface area (Å²) in [6.07, 6.45) is 2.30. The van der Waals surface area contributed by atoms with Gasteiger partial charge < -0.3 is 10.2 Å². The number of benzene rings is 3. The highest BCUT2D eigenvalue weighted by Crippen LogP contribution is 2.20. The van der Waals surface area contributed by atoms with E-state index in [-0.39, 0.29) is 11.8 Å². The summed E-state index contributed by atoms with van der Waals surface area (Å²) in [5, 5.41) is 3.03. The Morgan fingerprint density at radius 2 is 1.58 bits per heavy atom. The van der Waals surface area contributed by atoms with Gasteiger partial charge in [-0.25, -0.2) is 0 Å². The second-order valence-electron chi connectivity index (χ2n) is 9.54. The molecule has 0 saturated carbocycles. The molecule has 0 saturated heterocycles. The maximum absolute atomic E-state index is 13.7. The van der Waals surface area contributed by atoms with Crippen LogP contribution < -0.4 is 5.32 Å². The molecule has 0 aromatic heterocycles. The second-order valence-corrected chi connectivity index (χ2v) is 10.5. The van der Waals surface area contributed by atoms with Gasteiger partial charge in [-0.2, -0.15) is 0 Å². The first-order valence-corrected chi connectivity index (χ1v) is 13.6. The predicted molar refractivity (Wildman–Crippen MR) is 151 cm³/mol. The van der Waals surface area contributed by atoms with E-state index in [1.807, 2.05) is 61.5 Å². The van der Waals surface area contributed by atoms with Crippen LogP contribution in [-0.2, 0) is 29.0 Å². The molecule has 0 aliphatic rings. The summed E-state index contributed by atoms with van der Waals surface area (Å²) in [5.41, 5.74) is 4.44. The number of carbonyl (C=O) groups excluding carboxylic acids is 2. The van der Waals surface area contributed by atoms with Crippen LogP contribution in [0.15, 0.2) is 83.3 Å². The SMILES string of the molecule is CCCNC(=O)[C@@H](Cc1ccccc1)N(Cc1cccc(Br)c1)C(=O)CCc1ccc(C(C)C)cc1. The normalized spacial score (nSPS) is 11.8. The van der Waals surface area contributed by atoms with Gasteiger partial charge in [0.05, 0.1) is 0 Å². The Kier molecular flexibility index (Phi) is 10.7. The molecule has 3 aromatic carbocycles. The predicted octanol–water partition coefficient (Wildman–Crippen LogP) is 6.67. The van der Waals surface area contributed by atoms with Crippen LogP contribution in [0.1, 0.15) is 61.8 Å². The van der Waals surface area contributed by atoms with Crippen molar-refractivity contribution in [3.05, 3.63) is 106 Å². The number of nitrogens with zero attached hydrogens (tertiary/aromatic N) is 1. The third kappa shape index (κ3) is 8.34. The molecule has 3 rings (SSSR count). The highest BCUT2D eigenvalue weighted by molar-refractivity contribution is 9.10. The van der Waals surface area contributed by atoms with Crippen molar-refractivity contribution < 1.29 is 9.59 Å². The highest BCUT2D eigenvalue weighted by atomic mass is 79.9. The lowest BCUT2D eigenvalue weighted by Crippen LogP contribution is -2.50. The quantitative estimate of drug-likeness (QED) is 0.274. The van der Waals surface area contributed by atoms with E-state index in [1.54, 1.807) is 4.90 Å². The van der Waals surface area contributed by atoms with Crippen molar-refractivity contribution in [3.8, 4) is 0 Å². The largest absolute Gasteiger partial charge is 0.354 e. The molecule has 3 aromatic rings. The third-order valence-corrected chi connectivity index (χ3v) is 6.83. The first kappa shape index (κ1) is 27.7. The van der Waals surface area contributed by atoms with Crippen molar-refractivity contribution >= 4 is 27.7 Å². The minimum absolute atomic E-state index is 0.0181. The van der Waals surface area contributed by atoms with Gasteiger partial charge in [-0.15, -0.1) is 0 Å². The van der Waals surface area contributed by atoms with Crippen molar-refractivity contribution in [2.45, 2.75) is 65.0 Å².